The number of likely N-dealkylation sites (tertiary alicyclic amines) is 1. The summed E-state index contributed by atoms with van der Waals surface area (Å²) in [5.41, 5.74) is 2.44. The van der Waals surface area contributed by atoms with Crippen LogP contribution in [-0.2, 0) is 13.0 Å². The Morgan fingerprint density at radius 1 is 1.00 bits per heavy atom. The lowest BCUT2D eigenvalue weighted by atomic mass is 9.93. The van der Waals surface area contributed by atoms with Crippen molar-refractivity contribution < 1.29 is 0 Å². The summed E-state index contributed by atoms with van der Waals surface area (Å²) in [5, 5.41) is 8.97. The van der Waals surface area contributed by atoms with Crippen LogP contribution in [0.25, 0.3) is 0 Å². The summed E-state index contributed by atoms with van der Waals surface area (Å²) in [5.74, 6) is 1.72. The first kappa shape index (κ1) is 16.5. The molecule has 4 heterocycles. The molecule has 132 valence electrons. The summed E-state index contributed by atoms with van der Waals surface area (Å²) in [7, 11) is 0. The Hall–Kier alpha value is -2.01. The molecule has 0 unspecified atom stereocenters. The van der Waals surface area contributed by atoms with Crippen LogP contribution >= 0.6 is 0 Å². The average Bonchev–Trinajstić information content (AvgIpc) is 3.18. The molecule has 2 aliphatic heterocycles. The zero-order valence-electron chi connectivity index (χ0n) is 14.8. The third-order valence-corrected chi connectivity index (χ3v) is 5.37. The fourth-order valence-corrected chi connectivity index (χ4v) is 4.08. The Morgan fingerprint density at radius 2 is 1.92 bits per heavy atom. The minimum Gasteiger partial charge on any atom is -0.355 e. The first-order valence-electron chi connectivity index (χ1n) is 9.55. The molecule has 1 atom stereocenters. The predicted molar refractivity (Wildman–Crippen MR) is 99.4 cm³/mol. The molecule has 2 aromatic rings. The highest BCUT2D eigenvalue weighted by atomic mass is 15.3. The SMILES string of the molecule is c1cncc(CN2CCC[C@H](Cc3ccc(N4CCCC4)nn3)C2)c1. The largest absolute Gasteiger partial charge is 0.355 e. The lowest BCUT2D eigenvalue weighted by Gasteiger charge is -2.32. The van der Waals surface area contributed by atoms with E-state index < -0.39 is 0 Å². The van der Waals surface area contributed by atoms with E-state index in [0.717, 1.165) is 44.1 Å². The fourth-order valence-electron chi connectivity index (χ4n) is 4.08. The molecule has 0 saturated carbocycles. The molecule has 2 saturated heterocycles. The van der Waals surface area contributed by atoms with Crippen LogP contribution in [0.5, 0.6) is 0 Å². The lowest BCUT2D eigenvalue weighted by molar-refractivity contribution is 0.166. The minimum atomic E-state index is 0.678. The maximum Gasteiger partial charge on any atom is 0.151 e. The smallest absolute Gasteiger partial charge is 0.151 e. The molecule has 0 amide bonds. The van der Waals surface area contributed by atoms with Crippen molar-refractivity contribution in [3.05, 3.63) is 47.9 Å². The maximum absolute atomic E-state index is 4.51. The van der Waals surface area contributed by atoms with Gasteiger partial charge >= 0.3 is 0 Å². The normalized spacial score (nSPS) is 21.6. The molecule has 0 aromatic carbocycles. The van der Waals surface area contributed by atoms with Crippen LogP contribution in [0.3, 0.4) is 0 Å². The maximum atomic E-state index is 4.51. The number of anilines is 1. The van der Waals surface area contributed by atoms with Gasteiger partial charge in [0.05, 0.1) is 5.69 Å². The Morgan fingerprint density at radius 3 is 2.68 bits per heavy atom. The summed E-state index contributed by atoms with van der Waals surface area (Å²) in [6.45, 7) is 5.58. The number of aromatic nitrogens is 3. The van der Waals surface area contributed by atoms with E-state index in [1.54, 1.807) is 0 Å². The third-order valence-electron chi connectivity index (χ3n) is 5.37. The molecule has 4 rings (SSSR count). The molecule has 5 nitrogen and oxygen atoms in total. The zero-order chi connectivity index (χ0) is 16.9. The predicted octanol–water partition coefficient (Wildman–Crippen LogP) is 2.93. The highest BCUT2D eigenvalue weighted by Crippen LogP contribution is 2.22. The second-order valence-electron chi connectivity index (χ2n) is 7.39. The van der Waals surface area contributed by atoms with E-state index in [-0.39, 0.29) is 0 Å². The summed E-state index contributed by atoms with van der Waals surface area (Å²) < 4.78 is 0. The molecule has 2 aromatic heterocycles. The van der Waals surface area contributed by atoms with Crippen molar-refractivity contribution in [2.24, 2.45) is 5.92 Å². The number of piperidine rings is 1. The molecule has 0 bridgehead atoms. The summed E-state index contributed by atoms with van der Waals surface area (Å²) in [6.07, 6.45) is 9.97. The van der Waals surface area contributed by atoms with Crippen LogP contribution in [0.1, 0.15) is 36.9 Å². The molecule has 0 spiro atoms. The number of nitrogens with zero attached hydrogens (tertiary/aromatic N) is 5. The first-order valence-corrected chi connectivity index (χ1v) is 9.55. The molecule has 2 aliphatic rings. The quantitative estimate of drug-likeness (QED) is 0.839. The van der Waals surface area contributed by atoms with Crippen molar-refractivity contribution in [1.82, 2.24) is 20.1 Å². The monoisotopic (exact) mass is 337 g/mol. The van der Waals surface area contributed by atoms with Gasteiger partial charge in [0.25, 0.3) is 0 Å². The van der Waals surface area contributed by atoms with Crippen LogP contribution in [0.4, 0.5) is 5.82 Å². The first-order chi connectivity index (χ1) is 12.4. The van der Waals surface area contributed by atoms with Crippen LogP contribution in [-0.4, -0.2) is 46.3 Å². The van der Waals surface area contributed by atoms with Crippen LogP contribution < -0.4 is 4.90 Å². The van der Waals surface area contributed by atoms with Crippen molar-refractivity contribution in [1.29, 1.82) is 0 Å². The van der Waals surface area contributed by atoms with E-state index >= 15 is 0 Å². The average molecular weight is 337 g/mol. The van der Waals surface area contributed by atoms with Gasteiger partial charge in [-0.2, -0.15) is 5.10 Å². The second kappa shape index (κ2) is 7.91. The zero-order valence-corrected chi connectivity index (χ0v) is 14.8. The topological polar surface area (TPSA) is 45.2 Å². The van der Waals surface area contributed by atoms with Gasteiger partial charge in [0.15, 0.2) is 5.82 Å². The van der Waals surface area contributed by atoms with Gasteiger partial charge in [0.2, 0.25) is 0 Å². The van der Waals surface area contributed by atoms with E-state index in [2.05, 4.69) is 43.2 Å². The van der Waals surface area contributed by atoms with E-state index in [1.807, 2.05) is 18.5 Å². The van der Waals surface area contributed by atoms with Crippen molar-refractivity contribution in [3.63, 3.8) is 0 Å². The van der Waals surface area contributed by atoms with Gasteiger partial charge in [-0.1, -0.05) is 6.07 Å². The van der Waals surface area contributed by atoms with Crippen LogP contribution in [0.15, 0.2) is 36.7 Å². The molecule has 2 fully saturated rings. The van der Waals surface area contributed by atoms with E-state index in [0.29, 0.717) is 5.92 Å². The van der Waals surface area contributed by atoms with Gasteiger partial charge in [-0.25, -0.2) is 0 Å². The van der Waals surface area contributed by atoms with E-state index in [1.165, 1.54) is 37.8 Å². The highest BCUT2D eigenvalue weighted by molar-refractivity contribution is 5.38. The van der Waals surface area contributed by atoms with Gasteiger partial charge in [0, 0.05) is 38.6 Å². The Labute approximate surface area is 150 Å². The van der Waals surface area contributed by atoms with Crippen molar-refractivity contribution >= 4 is 5.82 Å². The fraction of sp³-hybridized carbons (Fsp3) is 0.550. The molecule has 0 N–H and O–H groups in total. The highest BCUT2D eigenvalue weighted by Gasteiger charge is 2.21. The number of pyridine rings is 1. The second-order valence-corrected chi connectivity index (χ2v) is 7.39. The molecular weight excluding hydrogens is 310 g/mol. The molecule has 0 radical (unpaired) electrons. The van der Waals surface area contributed by atoms with Gasteiger partial charge in [-0.05, 0) is 68.3 Å². The number of hydrogen-bond acceptors (Lipinski definition) is 5. The van der Waals surface area contributed by atoms with E-state index in [9.17, 15) is 0 Å². The van der Waals surface area contributed by atoms with Crippen molar-refractivity contribution in [2.75, 3.05) is 31.1 Å². The molecular formula is C20H27N5. The van der Waals surface area contributed by atoms with E-state index in [4.69, 9.17) is 0 Å². The van der Waals surface area contributed by atoms with Gasteiger partial charge < -0.3 is 4.90 Å². The van der Waals surface area contributed by atoms with Crippen molar-refractivity contribution in [2.45, 2.75) is 38.6 Å². The number of rotatable bonds is 5. The summed E-state index contributed by atoms with van der Waals surface area (Å²) >= 11 is 0. The third kappa shape index (κ3) is 4.34. The summed E-state index contributed by atoms with van der Waals surface area (Å²) in [6, 6.07) is 8.53. The lowest BCUT2D eigenvalue weighted by Crippen LogP contribution is -2.35. The molecule has 5 heteroatoms. The Balaban J connectivity index is 1.32. The van der Waals surface area contributed by atoms with Gasteiger partial charge in [-0.15, -0.1) is 5.10 Å². The van der Waals surface area contributed by atoms with Crippen LogP contribution in [0.2, 0.25) is 0 Å². The van der Waals surface area contributed by atoms with Gasteiger partial charge in [0.1, 0.15) is 0 Å². The van der Waals surface area contributed by atoms with Crippen LogP contribution in [0, 0.1) is 5.92 Å². The minimum absolute atomic E-state index is 0.678. The molecule has 0 aliphatic carbocycles. The van der Waals surface area contributed by atoms with Crippen molar-refractivity contribution in [3.8, 4) is 0 Å². The summed E-state index contributed by atoms with van der Waals surface area (Å²) in [4.78, 5) is 9.12. The van der Waals surface area contributed by atoms with Gasteiger partial charge in [-0.3, -0.25) is 9.88 Å². The Kier molecular flexibility index (Phi) is 5.21. The number of hydrogen-bond donors (Lipinski definition) is 0. The molecule has 25 heavy (non-hydrogen) atoms. The Bertz CT molecular complexity index is 652. The standard InChI is InChI=1S/C20H27N5/c1-2-12-25(11-1)20-8-7-19(22-23-20)13-17-6-4-10-24(15-17)16-18-5-3-9-21-14-18/h3,5,7-9,14,17H,1-2,4,6,10-13,15-16H2/t17-/m1/s1.